The zero-order valence-electron chi connectivity index (χ0n) is 18.2. The van der Waals surface area contributed by atoms with Gasteiger partial charge in [-0.25, -0.2) is 4.90 Å². The molecule has 0 aliphatic carbocycles. The Balaban J connectivity index is 1.80. The minimum absolute atomic E-state index is 0.0148. The fraction of sp³-hybridized carbons (Fsp3) is 0.120. The van der Waals surface area contributed by atoms with Crippen molar-refractivity contribution in [2.75, 3.05) is 16.8 Å². The van der Waals surface area contributed by atoms with E-state index < -0.39 is 23.6 Å². The van der Waals surface area contributed by atoms with Crippen LogP contribution in [0.2, 0.25) is 5.02 Å². The van der Waals surface area contributed by atoms with Gasteiger partial charge in [0.2, 0.25) is 0 Å². The largest absolute Gasteiger partial charge is 0.492 e. The van der Waals surface area contributed by atoms with Crippen molar-refractivity contribution in [3.8, 4) is 5.75 Å². The summed E-state index contributed by atoms with van der Waals surface area (Å²) in [7, 11) is 0. The van der Waals surface area contributed by atoms with Crippen molar-refractivity contribution in [3.63, 3.8) is 0 Å². The minimum Gasteiger partial charge on any atom is -0.492 e. The second-order valence-corrected chi connectivity index (χ2v) is 8.77. The average Bonchev–Trinajstić information content (AvgIpc) is 3.05. The van der Waals surface area contributed by atoms with Crippen LogP contribution in [-0.2, 0) is 15.8 Å². The van der Waals surface area contributed by atoms with E-state index in [2.05, 4.69) is 5.32 Å². The van der Waals surface area contributed by atoms with Gasteiger partial charge >= 0.3 is 6.18 Å². The molecule has 0 unspecified atom stereocenters. The molecule has 1 aliphatic rings. The summed E-state index contributed by atoms with van der Waals surface area (Å²) in [5, 5.41) is 2.80. The van der Waals surface area contributed by atoms with Crippen LogP contribution in [0, 0.1) is 0 Å². The summed E-state index contributed by atoms with van der Waals surface area (Å²) in [6, 6.07) is 18.2. The number of rotatable bonds is 7. The molecule has 0 fully saturated rings. The number of amides is 2. The first-order chi connectivity index (χ1) is 16.7. The Morgan fingerprint density at radius 2 is 1.66 bits per heavy atom. The Morgan fingerprint density at radius 1 is 0.971 bits per heavy atom. The van der Waals surface area contributed by atoms with E-state index in [4.69, 9.17) is 16.3 Å². The van der Waals surface area contributed by atoms with E-state index in [1.165, 1.54) is 0 Å². The first-order valence-corrected chi connectivity index (χ1v) is 11.6. The van der Waals surface area contributed by atoms with Gasteiger partial charge in [-0.05, 0) is 49.4 Å². The van der Waals surface area contributed by atoms with Crippen LogP contribution in [0.25, 0.3) is 0 Å². The summed E-state index contributed by atoms with van der Waals surface area (Å²) in [5.41, 5.74) is -1.05. The van der Waals surface area contributed by atoms with Crippen molar-refractivity contribution in [2.45, 2.75) is 18.0 Å². The van der Waals surface area contributed by atoms with E-state index in [1.54, 1.807) is 61.5 Å². The van der Waals surface area contributed by atoms with Crippen LogP contribution >= 0.6 is 23.4 Å². The summed E-state index contributed by atoms with van der Waals surface area (Å²) in [6.45, 7) is 2.16. The van der Waals surface area contributed by atoms with Gasteiger partial charge in [0.15, 0.2) is 0 Å². The molecule has 0 atom stereocenters. The maximum absolute atomic E-state index is 13.5. The molecule has 0 saturated carbocycles. The summed E-state index contributed by atoms with van der Waals surface area (Å²) in [6.07, 6.45) is -4.68. The molecule has 10 heteroatoms. The lowest BCUT2D eigenvalue weighted by atomic mass is 10.2. The summed E-state index contributed by atoms with van der Waals surface area (Å²) in [5.74, 6) is -1.18. The van der Waals surface area contributed by atoms with Crippen LogP contribution < -0.4 is 15.0 Å². The zero-order valence-corrected chi connectivity index (χ0v) is 19.8. The lowest BCUT2D eigenvalue weighted by Gasteiger charge is -2.19. The predicted molar refractivity (Wildman–Crippen MR) is 130 cm³/mol. The summed E-state index contributed by atoms with van der Waals surface area (Å²) >= 11 is 7.18. The molecule has 180 valence electrons. The number of ether oxygens (including phenoxy) is 1. The number of benzene rings is 3. The molecule has 0 radical (unpaired) electrons. The van der Waals surface area contributed by atoms with E-state index >= 15 is 0 Å². The van der Waals surface area contributed by atoms with Crippen LogP contribution in [0.3, 0.4) is 0 Å². The van der Waals surface area contributed by atoms with Gasteiger partial charge in [0.1, 0.15) is 16.4 Å². The summed E-state index contributed by atoms with van der Waals surface area (Å²) in [4.78, 5) is 28.3. The van der Waals surface area contributed by atoms with Crippen molar-refractivity contribution in [3.05, 3.63) is 94.0 Å². The highest BCUT2D eigenvalue weighted by atomic mass is 35.5. The molecule has 0 spiro atoms. The minimum atomic E-state index is -4.68. The van der Waals surface area contributed by atoms with Gasteiger partial charge in [-0.3, -0.25) is 9.59 Å². The van der Waals surface area contributed by atoms with Crippen molar-refractivity contribution in [1.82, 2.24) is 0 Å². The van der Waals surface area contributed by atoms with Crippen LogP contribution in [0.15, 0.2) is 88.3 Å². The maximum atomic E-state index is 13.5. The lowest BCUT2D eigenvalue weighted by molar-refractivity contribution is -0.137. The molecule has 1 N–H and O–H groups in total. The van der Waals surface area contributed by atoms with Gasteiger partial charge in [-0.2, -0.15) is 13.2 Å². The fourth-order valence-electron chi connectivity index (χ4n) is 3.39. The SMILES string of the molecule is CCOc1ccccc1NC1=C(Sc2ccccc2)C(=O)N(c2cc(C(F)(F)F)ccc2Cl)C1=O. The molecule has 1 heterocycles. The number of nitrogens with zero attached hydrogens (tertiary/aromatic N) is 1. The molecule has 4 rings (SSSR count). The summed E-state index contributed by atoms with van der Waals surface area (Å²) < 4.78 is 45.7. The van der Waals surface area contributed by atoms with Crippen molar-refractivity contribution >= 4 is 46.6 Å². The monoisotopic (exact) mass is 518 g/mol. The van der Waals surface area contributed by atoms with Crippen molar-refractivity contribution < 1.29 is 27.5 Å². The first-order valence-electron chi connectivity index (χ1n) is 10.4. The Morgan fingerprint density at radius 3 is 2.34 bits per heavy atom. The molecule has 3 aromatic rings. The Hall–Kier alpha value is -3.43. The first kappa shape index (κ1) is 24.7. The van der Waals surface area contributed by atoms with E-state index in [1.807, 2.05) is 0 Å². The van der Waals surface area contributed by atoms with Crippen LogP contribution in [0.5, 0.6) is 5.75 Å². The van der Waals surface area contributed by atoms with Crippen LogP contribution in [0.4, 0.5) is 24.5 Å². The number of thioether (sulfide) groups is 1. The number of imide groups is 1. The Labute approximate surface area is 208 Å². The highest BCUT2D eigenvalue weighted by Gasteiger charge is 2.42. The molecule has 0 saturated heterocycles. The number of hydrogen-bond donors (Lipinski definition) is 1. The van der Waals surface area contributed by atoms with Crippen LogP contribution in [-0.4, -0.2) is 18.4 Å². The number of halogens is 4. The van der Waals surface area contributed by atoms with Gasteiger partial charge in [0.25, 0.3) is 11.8 Å². The molecule has 2 amide bonds. The molecular weight excluding hydrogens is 501 g/mol. The highest BCUT2D eigenvalue weighted by molar-refractivity contribution is 8.04. The number of carbonyl (C=O) groups excluding carboxylic acids is 2. The number of nitrogens with one attached hydrogen (secondary N) is 1. The lowest BCUT2D eigenvalue weighted by Crippen LogP contribution is -2.33. The Bertz CT molecular complexity index is 1310. The molecule has 1 aliphatic heterocycles. The third-order valence-electron chi connectivity index (χ3n) is 4.97. The molecular formula is C25H18ClF3N2O3S. The molecule has 5 nitrogen and oxygen atoms in total. The van der Waals surface area contributed by atoms with E-state index in [0.717, 1.165) is 23.9 Å². The smallest absolute Gasteiger partial charge is 0.416 e. The molecule has 0 bridgehead atoms. The topological polar surface area (TPSA) is 58.6 Å². The Kier molecular flexibility index (Phi) is 7.09. The highest BCUT2D eigenvalue weighted by Crippen LogP contribution is 2.42. The normalized spacial score (nSPS) is 14.0. The predicted octanol–water partition coefficient (Wildman–Crippen LogP) is 6.75. The number of anilines is 2. The molecule has 3 aromatic carbocycles. The third-order valence-corrected chi connectivity index (χ3v) is 6.38. The average molecular weight is 519 g/mol. The number of carbonyl (C=O) groups is 2. The van der Waals surface area contributed by atoms with Crippen molar-refractivity contribution in [1.29, 1.82) is 0 Å². The van der Waals surface area contributed by atoms with Crippen LogP contribution in [0.1, 0.15) is 12.5 Å². The molecule has 35 heavy (non-hydrogen) atoms. The van der Waals surface area contributed by atoms with E-state index in [-0.39, 0.29) is 21.3 Å². The third kappa shape index (κ3) is 5.16. The standard InChI is InChI=1S/C25H18ClF3N2O3S/c1-2-34-20-11-7-6-10-18(20)30-21-22(35-16-8-4-3-5-9-16)24(33)31(23(21)32)19-14-15(25(27,28)29)12-13-17(19)26/h3-14,30H,2H2,1H3. The van der Waals surface area contributed by atoms with Gasteiger partial charge < -0.3 is 10.1 Å². The van der Waals surface area contributed by atoms with Gasteiger partial charge in [-0.15, -0.1) is 0 Å². The second-order valence-electron chi connectivity index (χ2n) is 7.28. The number of alkyl halides is 3. The van der Waals surface area contributed by atoms with E-state index in [9.17, 15) is 22.8 Å². The fourth-order valence-corrected chi connectivity index (χ4v) is 4.54. The van der Waals surface area contributed by atoms with Gasteiger partial charge in [0.05, 0.1) is 28.6 Å². The van der Waals surface area contributed by atoms with Gasteiger partial charge in [-0.1, -0.05) is 53.7 Å². The quantitative estimate of drug-likeness (QED) is 0.351. The van der Waals surface area contributed by atoms with Gasteiger partial charge in [0, 0.05) is 4.90 Å². The number of hydrogen-bond acceptors (Lipinski definition) is 5. The second kappa shape index (κ2) is 10.1. The van der Waals surface area contributed by atoms with E-state index in [0.29, 0.717) is 33.9 Å². The molecule has 0 aromatic heterocycles. The zero-order chi connectivity index (χ0) is 25.2. The maximum Gasteiger partial charge on any atom is 0.416 e. The number of para-hydroxylation sites is 2. The van der Waals surface area contributed by atoms with Crippen molar-refractivity contribution in [2.24, 2.45) is 0 Å².